The summed E-state index contributed by atoms with van der Waals surface area (Å²) in [6, 6.07) is 14.2. The lowest BCUT2D eigenvalue weighted by Crippen LogP contribution is -2.08. The molecule has 27 heavy (non-hydrogen) atoms. The van der Waals surface area contributed by atoms with Crippen molar-refractivity contribution in [3.63, 3.8) is 0 Å². The van der Waals surface area contributed by atoms with Crippen LogP contribution in [-0.2, 0) is 0 Å². The van der Waals surface area contributed by atoms with Gasteiger partial charge in [-0.15, -0.1) is 0 Å². The lowest BCUT2D eigenvalue weighted by atomic mass is 10.2. The molecule has 146 valence electrons. The topological polar surface area (TPSA) is 44.8 Å². The van der Waals surface area contributed by atoms with Crippen molar-refractivity contribution in [3.05, 3.63) is 54.1 Å². The number of hydrogen-bond donors (Lipinski definition) is 0. The monoisotopic (exact) mass is 370 g/mol. The van der Waals surface area contributed by atoms with Crippen LogP contribution in [0.15, 0.2) is 48.5 Å². The Morgan fingerprint density at radius 2 is 1.19 bits per heavy atom. The van der Waals surface area contributed by atoms with Crippen molar-refractivity contribution in [2.24, 2.45) is 0 Å². The van der Waals surface area contributed by atoms with E-state index in [0.29, 0.717) is 24.5 Å². The van der Waals surface area contributed by atoms with Gasteiger partial charge in [0.1, 0.15) is 17.2 Å². The molecule has 0 N–H and O–H groups in total. The molecule has 0 aliphatic rings. The molecule has 0 aromatic heterocycles. The van der Waals surface area contributed by atoms with E-state index in [1.165, 1.54) is 19.3 Å². The Morgan fingerprint density at radius 3 is 1.78 bits per heavy atom. The summed E-state index contributed by atoms with van der Waals surface area (Å²) in [5.74, 6) is 1.67. The van der Waals surface area contributed by atoms with Gasteiger partial charge in [0.25, 0.3) is 0 Å². The number of carbonyl (C=O) groups is 1. The van der Waals surface area contributed by atoms with Crippen LogP contribution in [0.25, 0.3) is 0 Å². The van der Waals surface area contributed by atoms with E-state index in [4.69, 9.17) is 14.2 Å². The minimum absolute atomic E-state index is 0.385. The molecule has 2 rings (SSSR count). The third-order valence-electron chi connectivity index (χ3n) is 4.16. The van der Waals surface area contributed by atoms with Crippen molar-refractivity contribution >= 4 is 5.97 Å². The summed E-state index contributed by atoms with van der Waals surface area (Å²) >= 11 is 0. The maximum atomic E-state index is 12.3. The molecule has 0 saturated carbocycles. The van der Waals surface area contributed by atoms with Crippen LogP contribution in [0.1, 0.15) is 62.7 Å². The van der Waals surface area contributed by atoms with Gasteiger partial charge in [-0.2, -0.15) is 0 Å². The molecule has 0 amide bonds. The van der Waals surface area contributed by atoms with Gasteiger partial charge in [0, 0.05) is 0 Å². The van der Waals surface area contributed by atoms with Gasteiger partial charge in [-0.05, 0) is 61.4 Å². The Kier molecular flexibility index (Phi) is 9.25. The van der Waals surface area contributed by atoms with Gasteiger partial charge < -0.3 is 14.2 Å². The Labute approximate surface area is 162 Å². The third kappa shape index (κ3) is 7.73. The van der Waals surface area contributed by atoms with Gasteiger partial charge in [-0.3, -0.25) is 0 Å². The molecule has 2 aromatic rings. The summed E-state index contributed by atoms with van der Waals surface area (Å²) in [6.45, 7) is 5.71. The van der Waals surface area contributed by atoms with Crippen LogP contribution in [0.5, 0.6) is 17.2 Å². The van der Waals surface area contributed by atoms with Crippen LogP contribution in [0.4, 0.5) is 0 Å². The fourth-order valence-corrected chi connectivity index (χ4v) is 2.51. The fraction of sp³-hybridized carbons (Fsp3) is 0.435. The maximum Gasteiger partial charge on any atom is 0.343 e. The van der Waals surface area contributed by atoms with Gasteiger partial charge in [0.15, 0.2) is 0 Å². The van der Waals surface area contributed by atoms with E-state index in [0.717, 1.165) is 30.8 Å². The van der Waals surface area contributed by atoms with E-state index in [9.17, 15) is 4.79 Å². The first-order valence-corrected chi connectivity index (χ1v) is 9.90. The molecular weight excluding hydrogens is 340 g/mol. The second-order valence-corrected chi connectivity index (χ2v) is 6.50. The molecule has 4 heteroatoms. The Bertz CT molecular complexity index is 662. The summed E-state index contributed by atoms with van der Waals surface area (Å²) in [4.78, 5) is 12.3. The number of ether oxygens (including phenoxy) is 3. The quantitative estimate of drug-likeness (QED) is 0.259. The van der Waals surface area contributed by atoms with Crippen molar-refractivity contribution < 1.29 is 19.0 Å². The minimum Gasteiger partial charge on any atom is -0.494 e. The highest BCUT2D eigenvalue weighted by Crippen LogP contribution is 2.20. The predicted octanol–water partition coefficient (Wildman–Crippen LogP) is 6.04. The number of benzene rings is 2. The molecule has 4 nitrogen and oxygen atoms in total. The van der Waals surface area contributed by atoms with Crippen molar-refractivity contribution in [2.75, 3.05) is 13.2 Å². The Morgan fingerprint density at radius 1 is 0.667 bits per heavy atom. The van der Waals surface area contributed by atoms with Gasteiger partial charge in [0.2, 0.25) is 0 Å². The lowest BCUT2D eigenvalue weighted by molar-refractivity contribution is 0.0734. The molecule has 0 unspecified atom stereocenters. The average Bonchev–Trinajstić information content (AvgIpc) is 2.70. The summed E-state index contributed by atoms with van der Waals surface area (Å²) in [5.41, 5.74) is 0.497. The van der Waals surface area contributed by atoms with Crippen LogP contribution in [0, 0.1) is 0 Å². The van der Waals surface area contributed by atoms with Crippen LogP contribution in [0.3, 0.4) is 0 Å². The summed E-state index contributed by atoms with van der Waals surface area (Å²) in [7, 11) is 0. The van der Waals surface area contributed by atoms with E-state index < -0.39 is 0 Å². The van der Waals surface area contributed by atoms with Crippen LogP contribution in [0.2, 0.25) is 0 Å². The van der Waals surface area contributed by atoms with Gasteiger partial charge in [-0.1, -0.05) is 39.5 Å². The smallest absolute Gasteiger partial charge is 0.343 e. The number of unbranched alkanes of at least 4 members (excludes halogenated alkanes) is 4. The summed E-state index contributed by atoms with van der Waals surface area (Å²) in [5, 5.41) is 0. The first-order valence-electron chi connectivity index (χ1n) is 9.90. The molecule has 0 fully saturated rings. The van der Waals surface area contributed by atoms with E-state index in [2.05, 4.69) is 13.8 Å². The predicted molar refractivity (Wildman–Crippen MR) is 108 cm³/mol. The summed E-state index contributed by atoms with van der Waals surface area (Å²) in [6.07, 6.45) is 6.80. The highest BCUT2D eigenvalue weighted by Gasteiger charge is 2.09. The largest absolute Gasteiger partial charge is 0.494 e. The van der Waals surface area contributed by atoms with Crippen molar-refractivity contribution in [1.29, 1.82) is 0 Å². The normalized spacial score (nSPS) is 10.4. The zero-order valence-electron chi connectivity index (χ0n) is 16.4. The molecule has 0 aliphatic heterocycles. The number of esters is 1. The molecular formula is C23H30O4. The van der Waals surface area contributed by atoms with E-state index in [1.54, 1.807) is 36.4 Å². The standard InChI is InChI=1S/C23H30O4/c1-3-5-7-8-18-26-20-11-9-19(10-12-20)23(24)27-22-15-13-21(14-16-22)25-17-6-4-2/h9-16H,3-8,17-18H2,1-2H3. The lowest BCUT2D eigenvalue weighted by Gasteiger charge is -2.08. The number of rotatable bonds is 12. The first kappa shape index (κ1) is 20.8. The fourth-order valence-electron chi connectivity index (χ4n) is 2.51. The molecule has 0 atom stereocenters. The van der Waals surface area contributed by atoms with Crippen molar-refractivity contribution in [2.45, 2.75) is 52.4 Å². The molecule has 0 heterocycles. The first-order chi connectivity index (χ1) is 13.2. The zero-order valence-corrected chi connectivity index (χ0v) is 16.4. The van der Waals surface area contributed by atoms with Crippen LogP contribution in [-0.4, -0.2) is 19.2 Å². The zero-order chi connectivity index (χ0) is 19.3. The van der Waals surface area contributed by atoms with E-state index in [1.807, 2.05) is 12.1 Å². The molecule has 2 aromatic carbocycles. The number of carbonyl (C=O) groups excluding carboxylic acids is 1. The maximum absolute atomic E-state index is 12.3. The second-order valence-electron chi connectivity index (χ2n) is 6.50. The number of hydrogen-bond acceptors (Lipinski definition) is 4. The molecule has 0 radical (unpaired) electrons. The molecule has 0 bridgehead atoms. The molecule has 0 saturated heterocycles. The van der Waals surface area contributed by atoms with Crippen LogP contribution < -0.4 is 14.2 Å². The average molecular weight is 370 g/mol. The van der Waals surface area contributed by atoms with Crippen molar-refractivity contribution in [1.82, 2.24) is 0 Å². The summed E-state index contributed by atoms with van der Waals surface area (Å²) < 4.78 is 16.7. The Balaban J connectivity index is 1.79. The van der Waals surface area contributed by atoms with Crippen molar-refractivity contribution in [3.8, 4) is 17.2 Å². The minimum atomic E-state index is -0.385. The van der Waals surface area contributed by atoms with Gasteiger partial charge in [-0.25, -0.2) is 4.79 Å². The van der Waals surface area contributed by atoms with Gasteiger partial charge >= 0.3 is 5.97 Å². The van der Waals surface area contributed by atoms with Gasteiger partial charge in [0.05, 0.1) is 18.8 Å². The van der Waals surface area contributed by atoms with E-state index >= 15 is 0 Å². The molecule has 0 spiro atoms. The highest BCUT2D eigenvalue weighted by molar-refractivity contribution is 5.91. The second kappa shape index (κ2) is 12.0. The Hall–Kier alpha value is -2.49. The van der Waals surface area contributed by atoms with E-state index in [-0.39, 0.29) is 5.97 Å². The molecule has 0 aliphatic carbocycles. The third-order valence-corrected chi connectivity index (χ3v) is 4.16. The highest BCUT2D eigenvalue weighted by atomic mass is 16.5. The van der Waals surface area contributed by atoms with Crippen LogP contribution >= 0.6 is 0 Å². The SMILES string of the molecule is CCCCCCOc1ccc(C(=O)Oc2ccc(OCCCC)cc2)cc1.